The first kappa shape index (κ1) is 9.70. The van der Waals surface area contributed by atoms with Gasteiger partial charge in [-0.3, -0.25) is 4.98 Å². The van der Waals surface area contributed by atoms with E-state index in [1.807, 2.05) is 22.8 Å². The Morgan fingerprint density at radius 3 is 2.89 bits per heavy atom. The lowest BCUT2D eigenvalue weighted by atomic mass is 10.3. The van der Waals surface area contributed by atoms with E-state index in [1.54, 1.807) is 12.4 Å². The van der Waals surface area contributed by atoms with Crippen LogP contribution in [0.25, 0.3) is 17.2 Å². The summed E-state index contributed by atoms with van der Waals surface area (Å²) >= 11 is 0. The van der Waals surface area contributed by atoms with Gasteiger partial charge in [-0.05, 0) is 37.0 Å². The first-order valence-corrected chi connectivity index (χ1v) is 6.06. The van der Waals surface area contributed by atoms with Crippen LogP contribution in [0, 0.1) is 0 Å². The maximum absolute atomic E-state index is 4.57. The van der Waals surface area contributed by atoms with Crippen molar-refractivity contribution >= 4 is 5.78 Å². The van der Waals surface area contributed by atoms with Crippen LogP contribution in [0.15, 0.2) is 30.7 Å². The van der Waals surface area contributed by atoms with Gasteiger partial charge in [0.05, 0.1) is 5.69 Å². The maximum Gasteiger partial charge on any atom is 0.252 e. The Bertz CT molecular complexity index is 717. The molecule has 0 saturated heterocycles. The molecule has 0 aromatic carbocycles. The fourth-order valence-electron chi connectivity index (χ4n) is 2.46. The van der Waals surface area contributed by atoms with Crippen molar-refractivity contribution in [1.82, 2.24) is 24.6 Å². The third kappa shape index (κ3) is 1.33. The summed E-state index contributed by atoms with van der Waals surface area (Å²) in [6.07, 6.45) is 8.78. The summed E-state index contributed by atoms with van der Waals surface area (Å²) in [5.74, 6) is 1.40. The molecule has 0 saturated carbocycles. The summed E-state index contributed by atoms with van der Waals surface area (Å²) in [5, 5.41) is 4.57. The van der Waals surface area contributed by atoms with Gasteiger partial charge in [-0.15, -0.1) is 5.10 Å². The molecule has 0 N–H and O–H groups in total. The fraction of sp³-hybridized carbons (Fsp3) is 0.231. The van der Waals surface area contributed by atoms with Gasteiger partial charge in [0.2, 0.25) is 0 Å². The first-order chi connectivity index (χ1) is 8.92. The Balaban J connectivity index is 1.95. The Kier molecular flexibility index (Phi) is 1.94. The van der Waals surface area contributed by atoms with Crippen molar-refractivity contribution in [2.45, 2.75) is 19.3 Å². The van der Waals surface area contributed by atoms with Crippen molar-refractivity contribution in [3.8, 4) is 11.4 Å². The van der Waals surface area contributed by atoms with Gasteiger partial charge in [0.15, 0.2) is 5.82 Å². The highest BCUT2D eigenvalue weighted by molar-refractivity contribution is 5.56. The molecule has 3 aromatic rings. The van der Waals surface area contributed by atoms with Gasteiger partial charge in [0.1, 0.15) is 0 Å². The standard InChI is InChI=1S/C13H11N5/c1-2-10-8-15-13-16-12(9-4-6-14-7-5-9)17-18(13)11(10)3-1/h4-8H,1-3H2. The van der Waals surface area contributed by atoms with Crippen LogP contribution in [0.3, 0.4) is 0 Å². The fourth-order valence-corrected chi connectivity index (χ4v) is 2.46. The van der Waals surface area contributed by atoms with Gasteiger partial charge in [-0.2, -0.15) is 4.98 Å². The van der Waals surface area contributed by atoms with Gasteiger partial charge in [0.25, 0.3) is 5.78 Å². The van der Waals surface area contributed by atoms with Crippen LogP contribution in [0.2, 0.25) is 0 Å². The molecule has 0 aliphatic heterocycles. The summed E-state index contributed by atoms with van der Waals surface area (Å²) in [4.78, 5) is 12.9. The van der Waals surface area contributed by atoms with Crippen molar-refractivity contribution in [3.63, 3.8) is 0 Å². The van der Waals surface area contributed by atoms with Crippen LogP contribution in [0.5, 0.6) is 0 Å². The third-order valence-electron chi connectivity index (χ3n) is 3.35. The first-order valence-electron chi connectivity index (χ1n) is 6.06. The van der Waals surface area contributed by atoms with E-state index in [9.17, 15) is 0 Å². The highest BCUT2D eigenvalue weighted by Crippen LogP contribution is 2.22. The number of aromatic nitrogens is 5. The second-order valence-electron chi connectivity index (χ2n) is 4.47. The average molecular weight is 237 g/mol. The molecule has 0 fully saturated rings. The Labute approximate surface area is 104 Å². The van der Waals surface area contributed by atoms with E-state index in [2.05, 4.69) is 20.1 Å². The van der Waals surface area contributed by atoms with Gasteiger partial charge < -0.3 is 0 Å². The monoisotopic (exact) mass is 237 g/mol. The van der Waals surface area contributed by atoms with Crippen molar-refractivity contribution in [2.75, 3.05) is 0 Å². The zero-order valence-corrected chi connectivity index (χ0v) is 9.74. The Hall–Kier alpha value is -2.30. The van der Waals surface area contributed by atoms with Crippen LogP contribution in [0.4, 0.5) is 0 Å². The summed E-state index contributed by atoms with van der Waals surface area (Å²) in [5.41, 5.74) is 3.53. The van der Waals surface area contributed by atoms with Crippen LogP contribution >= 0.6 is 0 Å². The van der Waals surface area contributed by atoms with Crippen LogP contribution < -0.4 is 0 Å². The molecule has 5 nitrogen and oxygen atoms in total. The summed E-state index contributed by atoms with van der Waals surface area (Å²) in [7, 11) is 0. The molecule has 1 aliphatic rings. The Morgan fingerprint density at radius 2 is 2.00 bits per heavy atom. The lowest BCUT2D eigenvalue weighted by Crippen LogP contribution is -1.99. The predicted octanol–water partition coefficient (Wildman–Crippen LogP) is 1.68. The molecular weight excluding hydrogens is 226 g/mol. The van der Waals surface area contributed by atoms with Crippen molar-refractivity contribution in [2.24, 2.45) is 0 Å². The van der Waals surface area contributed by atoms with Gasteiger partial charge in [-0.25, -0.2) is 9.50 Å². The van der Waals surface area contributed by atoms with Crippen LogP contribution in [-0.2, 0) is 12.8 Å². The minimum absolute atomic E-state index is 0.683. The quantitative estimate of drug-likeness (QED) is 0.646. The number of nitrogens with zero attached hydrogens (tertiary/aromatic N) is 5. The second-order valence-corrected chi connectivity index (χ2v) is 4.47. The number of fused-ring (bicyclic) bond motifs is 3. The highest BCUT2D eigenvalue weighted by atomic mass is 15.3. The van der Waals surface area contributed by atoms with E-state index in [1.165, 1.54) is 17.7 Å². The molecule has 4 rings (SSSR count). The summed E-state index contributed by atoms with van der Waals surface area (Å²) in [6, 6.07) is 3.82. The van der Waals surface area contributed by atoms with E-state index >= 15 is 0 Å². The van der Waals surface area contributed by atoms with Crippen molar-refractivity contribution in [1.29, 1.82) is 0 Å². The molecule has 0 unspecified atom stereocenters. The number of aryl methyl sites for hydroxylation is 2. The minimum Gasteiger partial charge on any atom is -0.265 e. The normalized spacial score (nSPS) is 14.0. The number of hydrogen-bond donors (Lipinski definition) is 0. The predicted molar refractivity (Wildman–Crippen MR) is 66.0 cm³/mol. The molecule has 0 bridgehead atoms. The van der Waals surface area contributed by atoms with Gasteiger partial charge >= 0.3 is 0 Å². The van der Waals surface area contributed by atoms with Gasteiger partial charge in [0, 0.05) is 24.2 Å². The second kappa shape index (κ2) is 3.60. The lowest BCUT2D eigenvalue weighted by Gasteiger charge is -1.99. The number of rotatable bonds is 1. The number of hydrogen-bond acceptors (Lipinski definition) is 4. The zero-order chi connectivity index (χ0) is 11.9. The molecular formula is C13H11N5. The maximum atomic E-state index is 4.57. The van der Waals surface area contributed by atoms with E-state index in [4.69, 9.17) is 0 Å². The van der Waals surface area contributed by atoms with Crippen molar-refractivity contribution in [3.05, 3.63) is 42.0 Å². The van der Waals surface area contributed by atoms with E-state index < -0.39 is 0 Å². The SMILES string of the molecule is c1cc(-c2nc3ncc4c(n3n2)CCC4)ccn1. The van der Waals surface area contributed by atoms with E-state index in [0.29, 0.717) is 11.6 Å². The summed E-state index contributed by atoms with van der Waals surface area (Å²) < 4.78 is 1.89. The molecule has 0 spiro atoms. The molecule has 5 heteroatoms. The van der Waals surface area contributed by atoms with Crippen LogP contribution in [-0.4, -0.2) is 24.6 Å². The molecule has 18 heavy (non-hydrogen) atoms. The molecule has 0 atom stereocenters. The Morgan fingerprint density at radius 1 is 1.11 bits per heavy atom. The molecule has 0 radical (unpaired) electrons. The van der Waals surface area contributed by atoms with Gasteiger partial charge in [-0.1, -0.05) is 0 Å². The molecule has 88 valence electrons. The van der Waals surface area contributed by atoms with Crippen molar-refractivity contribution < 1.29 is 0 Å². The molecule has 1 aliphatic carbocycles. The van der Waals surface area contributed by atoms with E-state index in [0.717, 1.165) is 18.4 Å². The molecule has 3 heterocycles. The molecule has 0 amide bonds. The zero-order valence-electron chi connectivity index (χ0n) is 9.74. The largest absolute Gasteiger partial charge is 0.265 e. The average Bonchev–Trinajstić information content (AvgIpc) is 3.05. The minimum atomic E-state index is 0.683. The smallest absolute Gasteiger partial charge is 0.252 e. The topological polar surface area (TPSA) is 56.0 Å². The lowest BCUT2D eigenvalue weighted by molar-refractivity contribution is 0.838. The number of pyridine rings is 1. The third-order valence-corrected chi connectivity index (χ3v) is 3.35. The summed E-state index contributed by atoms with van der Waals surface area (Å²) in [6.45, 7) is 0. The molecule has 3 aromatic heterocycles. The van der Waals surface area contributed by atoms with E-state index in [-0.39, 0.29) is 0 Å². The highest BCUT2D eigenvalue weighted by Gasteiger charge is 2.17. The van der Waals surface area contributed by atoms with Crippen LogP contribution in [0.1, 0.15) is 17.7 Å².